The number of aliphatic hydroxyl groups excluding tert-OH is 1. The molecule has 2 N–H and O–H groups in total. The first-order chi connectivity index (χ1) is 7.83. The molecule has 16 heavy (non-hydrogen) atoms. The third kappa shape index (κ3) is 2.04. The molecular formula is C13H14N2O. The summed E-state index contributed by atoms with van der Waals surface area (Å²) in [5, 5.41) is 10.2. The van der Waals surface area contributed by atoms with Gasteiger partial charge in [0.1, 0.15) is 0 Å². The van der Waals surface area contributed by atoms with Crippen LogP contribution in [0.15, 0.2) is 55.5 Å². The Hall–Kier alpha value is -1.87. The van der Waals surface area contributed by atoms with E-state index in [4.69, 9.17) is 0 Å². The molecule has 1 aromatic heterocycles. The van der Waals surface area contributed by atoms with Gasteiger partial charge in [-0.15, -0.1) is 6.58 Å². The number of nitrogens with one attached hydrogen (secondary N) is 1. The Bertz CT molecular complexity index is 436. The van der Waals surface area contributed by atoms with Crippen LogP contribution < -0.4 is 0 Å². The SMILES string of the molecule is C=CC(c1cnc[nH]1)C(O)c1ccccc1. The zero-order valence-corrected chi connectivity index (χ0v) is 8.88. The smallest absolute Gasteiger partial charge is 0.0921 e. The maximum atomic E-state index is 10.2. The number of aromatic amines is 1. The van der Waals surface area contributed by atoms with Gasteiger partial charge in [0.05, 0.1) is 12.4 Å². The van der Waals surface area contributed by atoms with E-state index in [-0.39, 0.29) is 5.92 Å². The number of aromatic nitrogens is 2. The molecule has 0 aliphatic heterocycles. The minimum atomic E-state index is -0.598. The minimum Gasteiger partial charge on any atom is -0.387 e. The molecule has 0 spiro atoms. The van der Waals surface area contributed by atoms with E-state index in [1.807, 2.05) is 30.3 Å². The lowest BCUT2D eigenvalue weighted by Crippen LogP contribution is -2.08. The van der Waals surface area contributed by atoms with Crippen LogP contribution in [-0.2, 0) is 0 Å². The Morgan fingerprint density at radius 2 is 2.06 bits per heavy atom. The Morgan fingerprint density at radius 3 is 2.62 bits per heavy atom. The van der Waals surface area contributed by atoms with Crippen LogP contribution in [0.3, 0.4) is 0 Å². The van der Waals surface area contributed by atoms with Crippen LogP contribution in [0.25, 0.3) is 0 Å². The highest BCUT2D eigenvalue weighted by molar-refractivity contribution is 5.24. The van der Waals surface area contributed by atoms with Crippen molar-refractivity contribution in [2.75, 3.05) is 0 Å². The van der Waals surface area contributed by atoms with Crippen molar-refractivity contribution in [2.45, 2.75) is 12.0 Å². The van der Waals surface area contributed by atoms with Gasteiger partial charge in [0, 0.05) is 17.8 Å². The molecule has 0 saturated heterocycles. The summed E-state index contributed by atoms with van der Waals surface area (Å²) in [5.74, 6) is -0.162. The molecule has 2 unspecified atom stereocenters. The summed E-state index contributed by atoms with van der Waals surface area (Å²) >= 11 is 0. The third-order valence-corrected chi connectivity index (χ3v) is 2.61. The molecule has 0 radical (unpaired) electrons. The van der Waals surface area contributed by atoms with E-state index in [1.165, 1.54) is 0 Å². The first kappa shape index (κ1) is 10.6. The topological polar surface area (TPSA) is 48.9 Å². The van der Waals surface area contributed by atoms with E-state index in [0.717, 1.165) is 11.3 Å². The molecule has 3 nitrogen and oxygen atoms in total. The number of benzene rings is 1. The Labute approximate surface area is 94.5 Å². The fourth-order valence-corrected chi connectivity index (χ4v) is 1.73. The van der Waals surface area contributed by atoms with E-state index in [9.17, 15) is 5.11 Å². The average molecular weight is 214 g/mol. The zero-order chi connectivity index (χ0) is 11.4. The van der Waals surface area contributed by atoms with Gasteiger partial charge in [0.2, 0.25) is 0 Å². The van der Waals surface area contributed by atoms with E-state index in [2.05, 4.69) is 16.5 Å². The van der Waals surface area contributed by atoms with Crippen molar-refractivity contribution in [2.24, 2.45) is 0 Å². The van der Waals surface area contributed by atoms with E-state index >= 15 is 0 Å². The molecule has 0 fully saturated rings. The van der Waals surface area contributed by atoms with Gasteiger partial charge in [-0.05, 0) is 5.56 Å². The fraction of sp³-hybridized carbons (Fsp3) is 0.154. The zero-order valence-electron chi connectivity index (χ0n) is 8.88. The summed E-state index contributed by atoms with van der Waals surface area (Å²) < 4.78 is 0. The van der Waals surface area contributed by atoms with Gasteiger partial charge in [-0.25, -0.2) is 4.98 Å². The van der Waals surface area contributed by atoms with Crippen LogP contribution in [-0.4, -0.2) is 15.1 Å². The average Bonchev–Trinajstić information content (AvgIpc) is 2.85. The number of rotatable bonds is 4. The Balaban J connectivity index is 2.26. The predicted octanol–water partition coefficient (Wildman–Crippen LogP) is 2.41. The van der Waals surface area contributed by atoms with Crippen molar-refractivity contribution in [3.63, 3.8) is 0 Å². The highest BCUT2D eigenvalue weighted by Gasteiger charge is 2.20. The molecule has 82 valence electrons. The maximum Gasteiger partial charge on any atom is 0.0921 e. The number of hydrogen-bond acceptors (Lipinski definition) is 2. The molecule has 0 bridgehead atoms. The van der Waals surface area contributed by atoms with Crippen LogP contribution in [0.4, 0.5) is 0 Å². The monoisotopic (exact) mass is 214 g/mol. The van der Waals surface area contributed by atoms with Crippen LogP contribution in [0.2, 0.25) is 0 Å². The predicted molar refractivity (Wildman–Crippen MR) is 62.9 cm³/mol. The maximum absolute atomic E-state index is 10.2. The lowest BCUT2D eigenvalue weighted by molar-refractivity contribution is 0.160. The van der Waals surface area contributed by atoms with Gasteiger partial charge >= 0.3 is 0 Å². The first-order valence-corrected chi connectivity index (χ1v) is 5.16. The first-order valence-electron chi connectivity index (χ1n) is 5.16. The third-order valence-electron chi connectivity index (χ3n) is 2.61. The largest absolute Gasteiger partial charge is 0.387 e. The van der Waals surface area contributed by atoms with Crippen molar-refractivity contribution in [3.05, 3.63) is 66.8 Å². The second kappa shape index (κ2) is 4.77. The molecular weight excluding hydrogens is 200 g/mol. The summed E-state index contributed by atoms with van der Waals surface area (Å²) in [7, 11) is 0. The van der Waals surface area contributed by atoms with Gasteiger partial charge in [-0.3, -0.25) is 0 Å². The molecule has 0 aliphatic rings. The van der Waals surface area contributed by atoms with Crippen molar-refractivity contribution in [3.8, 4) is 0 Å². The number of aliphatic hydroxyl groups is 1. The highest BCUT2D eigenvalue weighted by atomic mass is 16.3. The lowest BCUT2D eigenvalue weighted by atomic mass is 9.93. The number of imidazole rings is 1. The molecule has 1 aromatic carbocycles. The van der Waals surface area contributed by atoms with E-state index < -0.39 is 6.10 Å². The van der Waals surface area contributed by atoms with E-state index in [1.54, 1.807) is 18.6 Å². The molecule has 1 heterocycles. The summed E-state index contributed by atoms with van der Waals surface area (Å²) in [6.07, 6.45) is 4.44. The highest BCUT2D eigenvalue weighted by Crippen LogP contribution is 2.30. The van der Waals surface area contributed by atoms with Gasteiger partial charge in [-0.2, -0.15) is 0 Å². The molecule has 2 atom stereocenters. The van der Waals surface area contributed by atoms with Gasteiger partial charge in [0.15, 0.2) is 0 Å². The van der Waals surface area contributed by atoms with Gasteiger partial charge in [-0.1, -0.05) is 36.4 Å². The summed E-state index contributed by atoms with van der Waals surface area (Å²) in [6, 6.07) is 9.54. The molecule has 0 saturated carbocycles. The number of H-pyrrole nitrogens is 1. The molecule has 2 aromatic rings. The molecule has 3 heteroatoms. The van der Waals surface area contributed by atoms with Crippen molar-refractivity contribution in [1.29, 1.82) is 0 Å². The Morgan fingerprint density at radius 1 is 1.31 bits per heavy atom. The number of nitrogens with zero attached hydrogens (tertiary/aromatic N) is 1. The molecule has 0 amide bonds. The Kier molecular flexibility index (Phi) is 3.17. The fourth-order valence-electron chi connectivity index (χ4n) is 1.73. The standard InChI is InChI=1S/C13H14N2O/c1-2-11(12-8-14-9-15-12)13(16)10-6-4-3-5-7-10/h2-9,11,13,16H,1H2,(H,14,15). The quantitative estimate of drug-likeness (QED) is 0.768. The summed E-state index contributed by atoms with van der Waals surface area (Å²) in [5.41, 5.74) is 1.74. The second-order valence-electron chi connectivity index (χ2n) is 3.62. The van der Waals surface area contributed by atoms with Crippen LogP contribution in [0.1, 0.15) is 23.3 Å². The van der Waals surface area contributed by atoms with Crippen LogP contribution in [0, 0.1) is 0 Å². The summed E-state index contributed by atoms with van der Waals surface area (Å²) in [4.78, 5) is 6.95. The van der Waals surface area contributed by atoms with Crippen LogP contribution in [0.5, 0.6) is 0 Å². The van der Waals surface area contributed by atoms with Crippen LogP contribution >= 0.6 is 0 Å². The van der Waals surface area contributed by atoms with Gasteiger partial charge < -0.3 is 10.1 Å². The van der Waals surface area contributed by atoms with Gasteiger partial charge in [0.25, 0.3) is 0 Å². The van der Waals surface area contributed by atoms with Crippen molar-refractivity contribution < 1.29 is 5.11 Å². The number of hydrogen-bond donors (Lipinski definition) is 2. The molecule has 2 rings (SSSR count). The minimum absolute atomic E-state index is 0.162. The van der Waals surface area contributed by atoms with Crippen molar-refractivity contribution >= 4 is 0 Å². The lowest BCUT2D eigenvalue weighted by Gasteiger charge is -2.18. The summed E-state index contributed by atoms with van der Waals surface area (Å²) in [6.45, 7) is 3.76. The second-order valence-corrected chi connectivity index (χ2v) is 3.62. The van der Waals surface area contributed by atoms with E-state index in [0.29, 0.717) is 0 Å². The van der Waals surface area contributed by atoms with Crippen molar-refractivity contribution in [1.82, 2.24) is 9.97 Å². The normalized spacial score (nSPS) is 14.3. The molecule has 0 aliphatic carbocycles.